The topological polar surface area (TPSA) is 12.4 Å². The number of hydrogen-bond donors (Lipinski definition) is 0. The van der Waals surface area contributed by atoms with Crippen molar-refractivity contribution in [3.8, 4) is 0 Å². The van der Waals surface area contributed by atoms with Crippen molar-refractivity contribution in [2.75, 3.05) is 0 Å². The molecule has 1 aromatic carbocycles. The van der Waals surface area contributed by atoms with Crippen LogP contribution in [0.5, 0.6) is 0 Å². The minimum absolute atomic E-state index is 0.524. The molecule has 0 fully saturated rings. The highest BCUT2D eigenvalue weighted by Crippen LogP contribution is 2.34. The van der Waals surface area contributed by atoms with Gasteiger partial charge in [-0.3, -0.25) is 4.99 Å². The molecule has 0 N–H and O–H groups in total. The van der Waals surface area contributed by atoms with Crippen LogP contribution in [0, 0.1) is 17.8 Å². The molecule has 1 aliphatic carbocycles. The van der Waals surface area contributed by atoms with Crippen LogP contribution in [0.15, 0.2) is 58.7 Å². The summed E-state index contributed by atoms with van der Waals surface area (Å²) in [7, 11) is 0. The smallest absolute Gasteiger partial charge is 0.0474 e. The third-order valence-corrected chi connectivity index (χ3v) is 3.91. The summed E-state index contributed by atoms with van der Waals surface area (Å²) in [5.41, 5.74) is 3.84. The standard InChI is InChI=1S/C19H25N/c1-14(2)17-11-8-12-18(15(3)4)19(17)20-13-16-9-6-5-7-10-16/h5-11,13-15,18H,12H2,1-4H3/t18-/m1/s1. The predicted octanol–water partition coefficient (Wildman–Crippen LogP) is 5.25. The Labute approximate surface area is 123 Å². The Bertz CT molecular complexity index is 518. The van der Waals surface area contributed by atoms with Crippen molar-refractivity contribution in [1.29, 1.82) is 0 Å². The lowest BCUT2D eigenvalue weighted by molar-refractivity contribution is 0.432. The Balaban J connectivity index is 2.35. The van der Waals surface area contributed by atoms with E-state index in [-0.39, 0.29) is 0 Å². The van der Waals surface area contributed by atoms with Gasteiger partial charge in [0.2, 0.25) is 0 Å². The fourth-order valence-electron chi connectivity index (χ4n) is 2.68. The number of benzene rings is 1. The molecule has 0 amide bonds. The molecule has 1 atom stereocenters. The molecule has 20 heavy (non-hydrogen) atoms. The highest BCUT2D eigenvalue weighted by molar-refractivity contribution is 5.80. The van der Waals surface area contributed by atoms with Crippen LogP contribution in [0.2, 0.25) is 0 Å². The molecule has 0 saturated heterocycles. The summed E-state index contributed by atoms with van der Waals surface area (Å²) in [5, 5.41) is 0. The van der Waals surface area contributed by atoms with Gasteiger partial charge in [-0.1, -0.05) is 70.2 Å². The van der Waals surface area contributed by atoms with Crippen LogP contribution < -0.4 is 0 Å². The van der Waals surface area contributed by atoms with E-state index < -0.39 is 0 Å². The molecule has 1 nitrogen and oxygen atoms in total. The second kappa shape index (κ2) is 6.69. The largest absolute Gasteiger partial charge is 0.260 e. The summed E-state index contributed by atoms with van der Waals surface area (Å²) in [6, 6.07) is 10.3. The number of allylic oxidation sites excluding steroid dienone is 4. The molecule has 0 aliphatic heterocycles. The van der Waals surface area contributed by atoms with E-state index in [1.807, 2.05) is 12.3 Å². The molecule has 0 saturated carbocycles. The zero-order chi connectivity index (χ0) is 14.5. The van der Waals surface area contributed by atoms with Crippen molar-refractivity contribution in [3.63, 3.8) is 0 Å². The first kappa shape index (κ1) is 14.8. The van der Waals surface area contributed by atoms with Gasteiger partial charge in [-0.25, -0.2) is 0 Å². The van der Waals surface area contributed by atoms with E-state index in [9.17, 15) is 0 Å². The molecule has 0 spiro atoms. The minimum Gasteiger partial charge on any atom is -0.260 e. The molecule has 0 radical (unpaired) electrons. The number of rotatable bonds is 4. The van der Waals surface area contributed by atoms with Crippen LogP contribution in [-0.4, -0.2) is 6.21 Å². The van der Waals surface area contributed by atoms with E-state index in [1.165, 1.54) is 16.8 Å². The summed E-state index contributed by atoms with van der Waals surface area (Å²) in [6.45, 7) is 9.08. The van der Waals surface area contributed by atoms with Crippen LogP contribution in [0.1, 0.15) is 39.7 Å². The van der Waals surface area contributed by atoms with E-state index >= 15 is 0 Å². The van der Waals surface area contributed by atoms with E-state index in [0.29, 0.717) is 17.8 Å². The molecule has 106 valence electrons. The van der Waals surface area contributed by atoms with Crippen molar-refractivity contribution in [3.05, 3.63) is 59.3 Å². The summed E-state index contributed by atoms with van der Waals surface area (Å²) < 4.78 is 0. The predicted molar refractivity (Wildman–Crippen MR) is 88.0 cm³/mol. The molecule has 0 bridgehead atoms. The van der Waals surface area contributed by atoms with E-state index in [0.717, 1.165) is 6.42 Å². The van der Waals surface area contributed by atoms with Crippen LogP contribution in [-0.2, 0) is 0 Å². The Kier molecular flexibility index (Phi) is 4.94. The highest BCUT2D eigenvalue weighted by atomic mass is 14.8. The van der Waals surface area contributed by atoms with Crippen molar-refractivity contribution < 1.29 is 0 Å². The van der Waals surface area contributed by atoms with Gasteiger partial charge in [-0.2, -0.15) is 0 Å². The first-order valence-corrected chi connectivity index (χ1v) is 7.59. The van der Waals surface area contributed by atoms with Crippen LogP contribution in [0.3, 0.4) is 0 Å². The number of hydrogen-bond acceptors (Lipinski definition) is 1. The van der Waals surface area contributed by atoms with Gasteiger partial charge in [-0.05, 0) is 29.4 Å². The first-order valence-electron chi connectivity index (χ1n) is 7.59. The maximum atomic E-state index is 4.86. The Morgan fingerprint density at radius 1 is 1.10 bits per heavy atom. The van der Waals surface area contributed by atoms with Crippen molar-refractivity contribution in [2.24, 2.45) is 22.7 Å². The number of aliphatic imine (C=N–C) groups is 1. The summed E-state index contributed by atoms with van der Waals surface area (Å²) in [6.07, 6.45) is 7.68. The molecular weight excluding hydrogens is 242 g/mol. The molecule has 0 unspecified atom stereocenters. The molecule has 2 rings (SSSR count). The fourth-order valence-corrected chi connectivity index (χ4v) is 2.68. The zero-order valence-electron chi connectivity index (χ0n) is 13.0. The average molecular weight is 267 g/mol. The summed E-state index contributed by atoms with van der Waals surface area (Å²) >= 11 is 0. The van der Waals surface area contributed by atoms with E-state index in [2.05, 4.69) is 64.1 Å². The van der Waals surface area contributed by atoms with Gasteiger partial charge in [0.15, 0.2) is 0 Å². The third-order valence-electron chi connectivity index (χ3n) is 3.91. The van der Waals surface area contributed by atoms with Crippen molar-refractivity contribution >= 4 is 6.21 Å². The first-order chi connectivity index (χ1) is 9.59. The van der Waals surface area contributed by atoms with Gasteiger partial charge in [0.1, 0.15) is 0 Å². The maximum absolute atomic E-state index is 4.86. The van der Waals surface area contributed by atoms with Gasteiger partial charge >= 0.3 is 0 Å². The Morgan fingerprint density at radius 3 is 2.40 bits per heavy atom. The lowest BCUT2D eigenvalue weighted by atomic mass is 9.81. The van der Waals surface area contributed by atoms with E-state index in [4.69, 9.17) is 4.99 Å². The van der Waals surface area contributed by atoms with Crippen molar-refractivity contribution in [1.82, 2.24) is 0 Å². The highest BCUT2D eigenvalue weighted by Gasteiger charge is 2.23. The maximum Gasteiger partial charge on any atom is 0.0474 e. The second-order valence-electron chi connectivity index (χ2n) is 6.15. The van der Waals surface area contributed by atoms with Crippen LogP contribution in [0.25, 0.3) is 0 Å². The zero-order valence-corrected chi connectivity index (χ0v) is 13.0. The van der Waals surface area contributed by atoms with Gasteiger partial charge in [0, 0.05) is 17.8 Å². The van der Waals surface area contributed by atoms with Crippen molar-refractivity contribution in [2.45, 2.75) is 34.1 Å². The third kappa shape index (κ3) is 3.47. The van der Waals surface area contributed by atoms with Gasteiger partial charge in [-0.15, -0.1) is 0 Å². The van der Waals surface area contributed by atoms with Crippen LogP contribution >= 0.6 is 0 Å². The number of nitrogens with zero attached hydrogens (tertiary/aromatic N) is 1. The SMILES string of the molecule is CC(C)C1=C(N=Cc2ccccc2)[C@@H](C(C)C)CC=C1. The van der Waals surface area contributed by atoms with Gasteiger partial charge in [0.05, 0.1) is 0 Å². The average Bonchev–Trinajstić information content (AvgIpc) is 2.45. The Morgan fingerprint density at radius 2 is 1.80 bits per heavy atom. The Hall–Kier alpha value is -1.63. The molecule has 1 aliphatic rings. The second-order valence-corrected chi connectivity index (χ2v) is 6.15. The van der Waals surface area contributed by atoms with Crippen LogP contribution in [0.4, 0.5) is 0 Å². The molecule has 0 aromatic heterocycles. The molecule has 1 aromatic rings. The lowest BCUT2D eigenvalue weighted by Gasteiger charge is -2.27. The lowest BCUT2D eigenvalue weighted by Crippen LogP contribution is -2.16. The quantitative estimate of drug-likeness (QED) is 0.661. The van der Waals surface area contributed by atoms with Gasteiger partial charge in [0.25, 0.3) is 0 Å². The monoisotopic (exact) mass is 267 g/mol. The minimum atomic E-state index is 0.524. The fraction of sp³-hybridized carbons (Fsp3) is 0.421. The summed E-state index contributed by atoms with van der Waals surface area (Å²) in [5.74, 6) is 1.68. The van der Waals surface area contributed by atoms with Gasteiger partial charge < -0.3 is 0 Å². The van der Waals surface area contributed by atoms with E-state index in [1.54, 1.807) is 0 Å². The molecular formula is C19H25N. The molecule has 0 heterocycles. The normalized spacial score (nSPS) is 19.6. The molecule has 1 heteroatoms. The summed E-state index contributed by atoms with van der Waals surface area (Å²) in [4.78, 5) is 4.86.